The molecule has 3 aliphatic rings. The Morgan fingerprint density at radius 2 is 1.93 bits per heavy atom. The summed E-state index contributed by atoms with van der Waals surface area (Å²) < 4.78 is 12.3. The van der Waals surface area contributed by atoms with Crippen molar-refractivity contribution < 1.29 is 29.0 Å². The summed E-state index contributed by atoms with van der Waals surface area (Å²) in [6, 6.07) is 12.1. The lowest BCUT2D eigenvalue weighted by Gasteiger charge is -2.41. The molecule has 42 heavy (non-hydrogen) atoms. The minimum absolute atomic E-state index is 0.0149. The van der Waals surface area contributed by atoms with E-state index in [1.165, 1.54) is 6.08 Å². The number of aliphatic hydroxyl groups excluding tert-OH is 1. The molecule has 8 heteroatoms. The van der Waals surface area contributed by atoms with Gasteiger partial charge in [-0.25, -0.2) is 0 Å². The van der Waals surface area contributed by atoms with Crippen LogP contribution in [0, 0.1) is 23.7 Å². The van der Waals surface area contributed by atoms with E-state index < -0.39 is 41.1 Å². The highest BCUT2D eigenvalue weighted by Gasteiger charge is 2.81. The van der Waals surface area contributed by atoms with Gasteiger partial charge in [-0.15, -0.1) is 6.58 Å². The van der Waals surface area contributed by atoms with Crippen LogP contribution in [0.1, 0.15) is 40.5 Å². The summed E-state index contributed by atoms with van der Waals surface area (Å²) in [5.74, 6) is -3.22. The molecular formula is C34H42N2O6. The minimum atomic E-state index is -1.25. The molecule has 3 unspecified atom stereocenters. The number of carbonyl (C=O) groups excluding carboxylic acids is 3. The molecule has 5 rings (SSSR count). The van der Waals surface area contributed by atoms with Crippen LogP contribution >= 0.6 is 0 Å². The fraction of sp³-hybridized carbons (Fsp3) is 0.500. The highest BCUT2D eigenvalue weighted by Crippen LogP contribution is 2.66. The average molecular weight is 575 g/mol. The Hall–Kier alpha value is -3.49. The van der Waals surface area contributed by atoms with Crippen LogP contribution in [0.5, 0.6) is 0 Å². The van der Waals surface area contributed by atoms with Gasteiger partial charge in [-0.05, 0) is 48.1 Å². The number of nitrogens with zero attached hydrogens (tertiary/aromatic N) is 2. The highest BCUT2D eigenvalue weighted by atomic mass is 16.6. The van der Waals surface area contributed by atoms with Crippen LogP contribution < -0.4 is 4.90 Å². The van der Waals surface area contributed by atoms with Crippen molar-refractivity contribution in [2.75, 3.05) is 24.7 Å². The Kier molecular flexibility index (Phi) is 8.07. The maximum atomic E-state index is 14.9. The molecule has 2 bridgehead atoms. The largest absolute Gasteiger partial charge is 0.461 e. The number of rotatable bonds is 11. The van der Waals surface area contributed by atoms with Gasteiger partial charge < -0.3 is 24.4 Å². The maximum Gasteiger partial charge on any atom is 0.313 e. The number of carbonyl (C=O) groups is 3. The van der Waals surface area contributed by atoms with E-state index in [0.717, 1.165) is 10.8 Å². The second-order valence-electron chi connectivity index (χ2n) is 12.3. The monoisotopic (exact) mass is 574 g/mol. The molecule has 3 aliphatic heterocycles. The minimum Gasteiger partial charge on any atom is -0.461 e. The van der Waals surface area contributed by atoms with Crippen molar-refractivity contribution in [1.82, 2.24) is 4.90 Å². The highest BCUT2D eigenvalue weighted by molar-refractivity contribution is 6.06. The predicted molar refractivity (Wildman–Crippen MR) is 162 cm³/mol. The Balaban J connectivity index is 1.66. The maximum absolute atomic E-state index is 14.9. The molecule has 0 aliphatic carbocycles. The molecule has 2 amide bonds. The molecule has 0 saturated carbocycles. The normalized spacial score (nSPS) is 31.1. The zero-order valence-electron chi connectivity index (χ0n) is 25.0. The molecule has 1 N–H and O–H groups in total. The number of fused-ring (bicyclic) bond motifs is 2. The Bertz CT molecular complexity index is 1410. The molecule has 3 fully saturated rings. The van der Waals surface area contributed by atoms with Crippen molar-refractivity contribution in [3.8, 4) is 0 Å². The lowest BCUT2D eigenvalue weighted by molar-refractivity contribution is -0.162. The van der Waals surface area contributed by atoms with E-state index in [0.29, 0.717) is 18.5 Å². The van der Waals surface area contributed by atoms with Gasteiger partial charge in [-0.1, -0.05) is 76.3 Å². The number of hydrogen-bond donors (Lipinski definition) is 1. The van der Waals surface area contributed by atoms with E-state index in [4.69, 9.17) is 9.47 Å². The summed E-state index contributed by atoms with van der Waals surface area (Å²) in [5, 5.41) is 12.6. The van der Waals surface area contributed by atoms with Gasteiger partial charge in [-0.3, -0.25) is 14.4 Å². The van der Waals surface area contributed by atoms with E-state index in [1.807, 2.05) is 70.2 Å². The fourth-order valence-electron chi connectivity index (χ4n) is 7.66. The second kappa shape index (κ2) is 11.3. The standard InChI is InChI=1S/C34H42N2O6/c1-7-16-35(25-15-14-23-12-10-11-13-24(23)18-25)31(39)29-34-19-22(5)33(6,42-34)28(32(40)41-17-8-2)27(34)30(38)36(29)26(20-37)21(4)9-3/h7-8,10-15,18,21-22,26-29,37H,1-2,9,16-17,19-20H2,3-6H3/t21-,22?,26-,27-,28-,29?,33+,34?/m0/s1. The van der Waals surface area contributed by atoms with E-state index in [2.05, 4.69) is 13.2 Å². The molecule has 2 aromatic rings. The molecule has 0 aromatic heterocycles. The van der Waals surface area contributed by atoms with Crippen LogP contribution in [0.4, 0.5) is 5.69 Å². The Morgan fingerprint density at radius 3 is 2.57 bits per heavy atom. The van der Waals surface area contributed by atoms with Crippen LogP contribution in [0.15, 0.2) is 67.8 Å². The number of esters is 1. The number of anilines is 1. The quantitative estimate of drug-likeness (QED) is 0.314. The van der Waals surface area contributed by atoms with E-state index in [9.17, 15) is 19.5 Å². The fourth-order valence-corrected chi connectivity index (χ4v) is 7.66. The van der Waals surface area contributed by atoms with Crippen molar-refractivity contribution in [1.29, 1.82) is 0 Å². The first-order chi connectivity index (χ1) is 20.1. The zero-order valence-corrected chi connectivity index (χ0v) is 25.0. The van der Waals surface area contributed by atoms with Crippen LogP contribution in [0.25, 0.3) is 10.8 Å². The summed E-state index contributed by atoms with van der Waals surface area (Å²) >= 11 is 0. The third-order valence-electron chi connectivity index (χ3n) is 10.1. The van der Waals surface area contributed by atoms with Gasteiger partial charge in [0.25, 0.3) is 5.91 Å². The van der Waals surface area contributed by atoms with Gasteiger partial charge in [0.2, 0.25) is 5.91 Å². The number of ether oxygens (including phenoxy) is 2. The second-order valence-corrected chi connectivity index (χ2v) is 12.3. The van der Waals surface area contributed by atoms with Crippen LogP contribution in [-0.4, -0.2) is 70.8 Å². The molecule has 2 aromatic carbocycles. The first-order valence-corrected chi connectivity index (χ1v) is 14.9. The van der Waals surface area contributed by atoms with Gasteiger partial charge in [0, 0.05) is 12.2 Å². The van der Waals surface area contributed by atoms with Crippen LogP contribution in [0.2, 0.25) is 0 Å². The van der Waals surface area contributed by atoms with E-state index in [-0.39, 0.29) is 43.4 Å². The summed E-state index contributed by atoms with van der Waals surface area (Å²) in [5.41, 5.74) is -1.57. The van der Waals surface area contributed by atoms with Crippen molar-refractivity contribution in [2.24, 2.45) is 23.7 Å². The summed E-state index contributed by atoms with van der Waals surface area (Å²) in [6.45, 7) is 15.3. The summed E-state index contributed by atoms with van der Waals surface area (Å²) in [6.07, 6.45) is 4.27. The topological polar surface area (TPSA) is 96.4 Å². The molecule has 0 radical (unpaired) electrons. The molecular weight excluding hydrogens is 532 g/mol. The van der Waals surface area contributed by atoms with Crippen molar-refractivity contribution in [3.05, 3.63) is 67.8 Å². The first kappa shape index (κ1) is 30.0. The number of hydrogen-bond acceptors (Lipinski definition) is 6. The van der Waals surface area contributed by atoms with Crippen molar-refractivity contribution >= 4 is 34.2 Å². The average Bonchev–Trinajstić information content (AvgIpc) is 3.50. The van der Waals surface area contributed by atoms with Crippen molar-refractivity contribution in [2.45, 2.75) is 63.8 Å². The Morgan fingerprint density at radius 1 is 1.21 bits per heavy atom. The zero-order chi connectivity index (χ0) is 30.4. The van der Waals surface area contributed by atoms with Gasteiger partial charge in [-0.2, -0.15) is 0 Å². The third kappa shape index (κ3) is 4.38. The SMILES string of the molecule is C=CCOC(=O)[C@@H]1[C@H]2C(=O)N([C@@H](CO)[C@@H](C)CC)C(C(=O)N(CC=C)c3ccc4ccccc4c3)C23CC(C)[C@@]1(C)O3. The third-order valence-corrected chi connectivity index (χ3v) is 10.1. The van der Waals surface area contributed by atoms with Gasteiger partial charge in [0.1, 0.15) is 24.2 Å². The van der Waals surface area contributed by atoms with Gasteiger partial charge in [0.05, 0.1) is 24.2 Å². The lowest BCUT2D eigenvalue weighted by atomic mass is 9.62. The Labute approximate surface area is 248 Å². The molecule has 1 spiro atoms. The van der Waals surface area contributed by atoms with E-state index in [1.54, 1.807) is 15.9 Å². The number of likely N-dealkylation sites (tertiary alicyclic amines) is 1. The lowest BCUT2D eigenvalue weighted by Crippen LogP contribution is -2.60. The van der Waals surface area contributed by atoms with Gasteiger partial charge >= 0.3 is 5.97 Å². The molecule has 8 nitrogen and oxygen atoms in total. The smallest absolute Gasteiger partial charge is 0.313 e. The molecule has 3 heterocycles. The molecule has 224 valence electrons. The summed E-state index contributed by atoms with van der Waals surface area (Å²) in [4.78, 5) is 46.2. The van der Waals surface area contributed by atoms with Crippen LogP contribution in [0.3, 0.4) is 0 Å². The first-order valence-electron chi connectivity index (χ1n) is 14.9. The van der Waals surface area contributed by atoms with E-state index >= 15 is 0 Å². The van der Waals surface area contributed by atoms with Gasteiger partial charge in [0.15, 0.2) is 0 Å². The van der Waals surface area contributed by atoms with Crippen molar-refractivity contribution in [3.63, 3.8) is 0 Å². The number of benzene rings is 2. The number of aliphatic hydroxyl groups is 1. The molecule has 8 atom stereocenters. The molecule has 3 saturated heterocycles. The number of amides is 2. The van der Waals surface area contributed by atoms with Crippen LogP contribution in [-0.2, 0) is 23.9 Å². The summed E-state index contributed by atoms with van der Waals surface area (Å²) in [7, 11) is 0. The predicted octanol–water partition coefficient (Wildman–Crippen LogP) is 4.51.